The van der Waals surface area contributed by atoms with E-state index in [2.05, 4.69) is 27.8 Å². The van der Waals surface area contributed by atoms with Crippen LogP contribution in [0.2, 0.25) is 0 Å². The van der Waals surface area contributed by atoms with Gasteiger partial charge in [0.2, 0.25) is 0 Å². The van der Waals surface area contributed by atoms with Gasteiger partial charge in [-0.1, -0.05) is 19.1 Å². The van der Waals surface area contributed by atoms with Crippen molar-refractivity contribution in [3.8, 4) is 0 Å². The maximum absolute atomic E-state index is 12.6. The van der Waals surface area contributed by atoms with Gasteiger partial charge in [0.1, 0.15) is 5.69 Å². The molecule has 0 aliphatic heterocycles. The number of hydrogen-bond donors (Lipinski definition) is 1. The van der Waals surface area contributed by atoms with E-state index in [-0.39, 0.29) is 5.91 Å². The number of hydrogen-bond acceptors (Lipinski definition) is 3. The summed E-state index contributed by atoms with van der Waals surface area (Å²) in [6.07, 6.45) is 2.53. The van der Waals surface area contributed by atoms with Crippen molar-refractivity contribution in [1.82, 2.24) is 9.88 Å². The average molecular weight is 348 g/mol. The molecule has 0 aliphatic rings. The number of nitrogens with two attached hydrogens (primary N) is 1. The fraction of sp³-hybridized carbons (Fsp3) is 0.250. The van der Waals surface area contributed by atoms with Crippen LogP contribution in [0.25, 0.3) is 0 Å². The molecule has 0 bridgehead atoms. The van der Waals surface area contributed by atoms with Gasteiger partial charge in [0, 0.05) is 29.4 Å². The predicted molar refractivity (Wildman–Crippen MR) is 87.8 cm³/mol. The number of nitrogen functional groups attached to an aromatic ring is 1. The first kappa shape index (κ1) is 15.5. The summed E-state index contributed by atoms with van der Waals surface area (Å²) < 4.78 is 0.858. The van der Waals surface area contributed by atoms with Crippen molar-refractivity contribution in [2.45, 2.75) is 19.9 Å². The highest BCUT2D eigenvalue weighted by molar-refractivity contribution is 9.10. The molecule has 2 N–H and O–H groups in total. The predicted octanol–water partition coefficient (Wildman–Crippen LogP) is 3.48. The van der Waals surface area contributed by atoms with E-state index < -0.39 is 0 Å². The molecular weight excluding hydrogens is 330 g/mol. The Kier molecular flexibility index (Phi) is 5.33. The molecule has 5 heteroatoms. The van der Waals surface area contributed by atoms with Crippen molar-refractivity contribution in [1.29, 1.82) is 0 Å². The van der Waals surface area contributed by atoms with Crippen LogP contribution in [0.1, 0.15) is 29.4 Å². The summed E-state index contributed by atoms with van der Waals surface area (Å²) in [5.41, 5.74) is 7.97. The van der Waals surface area contributed by atoms with E-state index in [4.69, 9.17) is 5.73 Å². The third-order valence-electron chi connectivity index (χ3n) is 3.05. The lowest BCUT2D eigenvalue weighted by molar-refractivity contribution is 0.0737. The summed E-state index contributed by atoms with van der Waals surface area (Å²) in [5.74, 6) is -0.0632. The molecule has 0 unspecified atom stereocenters. The van der Waals surface area contributed by atoms with Gasteiger partial charge in [0.15, 0.2) is 0 Å². The Labute approximate surface area is 133 Å². The maximum atomic E-state index is 12.6. The molecule has 0 spiro atoms. The monoisotopic (exact) mass is 347 g/mol. The highest BCUT2D eigenvalue weighted by Gasteiger charge is 2.16. The molecule has 21 heavy (non-hydrogen) atoms. The highest BCUT2D eigenvalue weighted by atomic mass is 79.9. The van der Waals surface area contributed by atoms with Gasteiger partial charge in [-0.2, -0.15) is 0 Å². The molecule has 110 valence electrons. The van der Waals surface area contributed by atoms with Crippen LogP contribution in [0.3, 0.4) is 0 Å². The van der Waals surface area contributed by atoms with Crippen molar-refractivity contribution in [2.24, 2.45) is 0 Å². The fourth-order valence-corrected chi connectivity index (χ4v) is 2.33. The van der Waals surface area contributed by atoms with Gasteiger partial charge in [0.05, 0.1) is 0 Å². The molecule has 1 aromatic heterocycles. The van der Waals surface area contributed by atoms with Crippen molar-refractivity contribution in [3.63, 3.8) is 0 Å². The summed E-state index contributed by atoms with van der Waals surface area (Å²) in [7, 11) is 0. The molecular formula is C16H18BrN3O. The summed E-state index contributed by atoms with van der Waals surface area (Å²) in [5, 5.41) is 0. The Morgan fingerprint density at radius 1 is 1.33 bits per heavy atom. The van der Waals surface area contributed by atoms with E-state index in [0.29, 0.717) is 24.5 Å². The molecule has 0 atom stereocenters. The zero-order valence-electron chi connectivity index (χ0n) is 11.9. The van der Waals surface area contributed by atoms with Gasteiger partial charge in [-0.25, -0.2) is 4.98 Å². The lowest BCUT2D eigenvalue weighted by atomic mass is 10.1. The molecule has 0 saturated heterocycles. The third-order valence-corrected chi connectivity index (χ3v) is 3.52. The number of rotatable bonds is 5. The van der Waals surface area contributed by atoms with Crippen LogP contribution in [-0.2, 0) is 6.54 Å². The first-order chi connectivity index (χ1) is 10.1. The van der Waals surface area contributed by atoms with Crippen LogP contribution >= 0.6 is 15.9 Å². The number of nitrogens with zero attached hydrogens (tertiary/aromatic N) is 2. The van der Waals surface area contributed by atoms with Crippen LogP contribution in [-0.4, -0.2) is 22.3 Å². The number of halogens is 1. The minimum atomic E-state index is -0.0632. The third kappa shape index (κ3) is 4.29. The second-order valence-corrected chi connectivity index (χ2v) is 5.75. The second-order valence-electron chi connectivity index (χ2n) is 4.83. The number of pyridine rings is 1. The van der Waals surface area contributed by atoms with Gasteiger partial charge in [0.25, 0.3) is 5.91 Å². The Bertz CT molecular complexity index is 613. The van der Waals surface area contributed by atoms with Gasteiger partial charge in [-0.05, 0) is 52.2 Å². The van der Waals surface area contributed by atoms with E-state index in [1.54, 1.807) is 17.2 Å². The van der Waals surface area contributed by atoms with Crippen LogP contribution in [0, 0.1) is 0 Å². The van der Waals surface area contributed by atoms with Gasteiger partial charge in [-0.15, -0.1) is 0 Å². The topological polar surface area (TPSA) is 59.2 Å². The Hall–Kier alpha value is -1.88. The first-order valence-corrected chi connectivity index (χ1v) is 7.64. The Balaban J connectivity index is 2.18. The summed E-state index contributed by atoms with van der Waals surface area (Å²) in [4.78, 5) is 18.5. The minimum Gasteiger partial charge on any atom is -0.399 e. The van der Waals surface area contributed by atoms with Gasteiger partial charge < -0.3 is 10.6 Å². The molecule has 0 saturated carbocycles. The average Bonchev–Trinajstić information content (AvgIpc) is 2.47. The Morgan fingerprint density at radius 2 is 2.14 bits per heavy atom. The molecule has 1 heterocycles. The zero-order valence-corrected chi connectivity index (χ0v) is 13.5. The number of carbonyl (C=O) groups excluding carboxylic acids is 1. The number of aromatic nitrogens is 1. The fourth-order valence-electron chi connectivity index (χ4n) is 2.10. The van der Waals surface area contributed by atoms with E-state index >= 15 is 0 Å². The van der Waals surface area contributed by atoms with Crippen molar-refractivity contribution in [3.05, 3.63) is 58.3 Å². The van der Waals surface area contributed by atoms with E-state index in [1.165, 1.54) is 0 Å². The van der Waals surface area contributed by atoms with E-state index in [0.717, 1.165) is 16.5 Å². The van der Waals surface area contributed by atoms with Crippen LogP contribution in [0.4, 0.5) is 5.69 Å². The van der Waals surface area contributed by atoms with Gasteiger partial charge in [-0.3, -0.25) is 4.79 Å². The maximum Gasteiger partial charge on any atom is 0.272 e. The molecule has 2 aromatic rings. The number of anilines is 1. The van der Waals surface area contributed by atoms with Crippen molar-refractivity contribution < 1.29 is 4.79 Å². The summed E-state index contributed by atoms with van der Waals surface area (Å²) in [6, 6.07) is 11.2. The number of benzene rings is 1. The van der Waals surface area contributed by atoms with Crippen LogP contribution < -0.4 is 5.73 Å². The normalized spacial score (nSPS) is 10.4. The molecule has 1 amide bonds. The largest absolute Gasteiger partial charge is 0.399 e. The molecule has 1 aromatic carbocycles. The van der Waals surface area contributed by atoms with Crippen molar-refractivity contribution in [2.75, 3.05) is 12.3 Å². The molecule has 0 fully saturated rings. The quantitative estimate of drug-likeness (QED) is 0.842. The van der Waals surface area contributed by atoms with Gasteiger partial charge >= 0.3 is 0 Å². The minimum absolute atomic E-state index is 0.0632. The number of amides is 1. The lowest BCUT2D eigenvalue weighted by Gasteiger charge is -2.22. The molecule has 4 nitrogen and oxygen atoms in total. The zero-order chi connectivity index (χ0) is 15.2. The highest BCUT2D eigenvalue weighted by Crippen LogP contribution is 2.14. The lowest BCUT2D eigenvalue weighted by Crippen LogP contribution is -2.31. The first-order valence-electron chi connectivity index (χ1n) is 6.85. The molecule has 0 aliphatic carbocycles. The smallest absolute Gasteiger partial charge is 0.272 e. The SMILES string of the molecule is CCCN(Cc1cccc(N)c1)C(=O)c1ccc(Br)cn1. The van der Waals surface area contributed by atoms with Crippen LogP contribution in [0.15, 0.2) is 47.1 Å². The summed E-state index contributed by atoms with van der Waals surface area (Å²) >= 11 is 3.32. The number of carbonyl (C=O) groups is 1. The molecule has 2 rings (SSSR count). The summed E-state index contributed by atoms with van der Waals surface area (Å²) in [6.45, 7) is 3.27. The standard InChI is InChI=1S/C16H18BrN3O/c1-2-8-20(11-12-4-3-5-14(18)9-12)16(21)15-7-6-13(17)10-19-15/h3-7,9-10H,2,8,11,18H2,1H3. The van der Waals surface area contributed by atoms with Crippen LogP contribution in [0.5, 0.6) is 0 Å². The Morgan fingerprint density at radius 3 is 2.76 bits per heavy atom. The second kappa shape index (κ2) is 7.22. The van der Waals surface area contributed by atoms with E-state index in [1.807, 2.05) is 30.3 Å². The van der Waals surface area contributed by atoms with Crippen molar-refractivity contribution >= 4 is 27.5 Å². The molecule has 0 radical (unpaired) electrons. The van der Waals surface area contributed by atoms with E-state index in [9.17, 15) is 4.79 Å².